The van der Waals surface area contributed by atoms with Gasteiger partial charge in [-0.05, 0) is 17.7 Å². The van der Waals surface area contributed by atoms with Gasteiger partial charge < -0.3 is 15.3 Å². The van der Waals surface area contributed by atoms with Crippen LogP contribution in [0.15, 0.2) is 66.7 Å². The molecule has 0 spiro atoms. The van der Waals surface area contributed by atoms with E-state index < -0.39 is 0 Å². The molecule has 0 saturated heterocycles. The minimum atomic E-state index is -0.317. The Hall–Kier alpha value is -3.45. The molecular formula is C23H26N4O3. The lowest BCUT2D eigenvalue weighted by Crippen LogP contribution is -2.33. The van der Waals surface area contributed by atoms with Gasteiger partial charge in [0.1, 0.15) is 5.82 Å². The minimum Gasteiger partial charge on any atom is -0.395 e. The zero-order valence-corrected chi connectivity index (χ0v) is 17.2. The highest BCUT2D eigenvalue weighted by Gasteiger charge is 2.22. The number of nitrogens with zero attached hydrogens (tertiary/aromatic N) is 3. The van der Waals surface area contributed by atoms with Gasteiger partial charge >= 0.3 is 0 Å². The zero-order valence-electron chi connectivity index (χ0n) is 17.2. The fraction of sp³-hybridized carbons (Fsp3) is 0.261. The fourth-order valence-electron chi connectivity index (χ4n) is 2.95. The molecule has 0 aliphatic carbocycles. The van der Waals surface area contributed by atoms with Crippen LogP contribution in [0.5, 0.6) is 0 Å². The fourth-order valence-corrected chi connectivity index (χ4v) is 2.95. The number of rotatable bonds is 8. The monoisotopic (exact) mass is 406 g/mol. The summed E-state index contributed by atoms with van der Waals surface area (Å²) >= 11 is 0. The number of amides is 2. The van der Waals surface area contributed by atoms with Crippen LogP contribution in [0.1, 0.15) is 29.9 Å². The number of anilines is 1. The first kappa shape index (κ1) is 21.3. The lowest BCUT2D eigenvalue weighted by atomic mass is 10.2. The van der Waals surface area contributed by atoms with Crippen molar-refractivity contribution in [1.82, 2.24) is 14.7 Å². The SMILES string of the molecule is CC(C)C(=O)Nc1cc(C(=O)N(CCO)Cc2ccccc2)nn1-c1ccccc1. The van der Waals surface area contributed by atoms with E-state index in [9.17, 15) is 14.7 Å². The van der Waals surface area contributed by atoms with Crippen LogP contribution in [0.2, 0.25) is 0 Å². The van der Waals surface area contributed by atoms with Crippen LogP contribution >= 0.6 is 0 Å². The number of aromatic nitrogens is 2. The smallest absolute Gasteiger partial charge is 0.274 e. The molecule has 0 aliphatic rings. The van der Waals surface area contributed by atoms with E-state index in [-0.39, 0.29) is 36.6 Å². The lowest BCUT2D eigenvalue weighted by Gasteiger charge is -2.20. The average molecular weight is 406 g/mol. The molecule has 0 radical (unpaired) electrons. The van der Waals surface area contributed by atoms with Gasteiger partial charge in [0, 0.05) is 25.1 Å². The van der Waals surface area contributed by atoms with E-state index in [0.29, 0.717) is 12.4 Å². The third kappa shape index (κ3) is 5.12. The summed E-state index contributed by atoms with van der Waals surface area (Å²) in [6.07, 6.45) is 0. The van der Waals surface area contributed by atoms with Crippen molar-refractivity contribution in [2.24, 2.45) is 5.92 Å². The van der Waals surface area contributed by atoms with Crippen LogP contribution in [0.4, 0.5) is 5.82 Å². The summed E-state index contributed by atoms with van der Waals surface area (Å²) in [7, 11) is 0. The summed E-state index contributed by atoms with van der Waals surface area (Å²) in [6, 6.07) is 20.4. The van der Waals surface area contributed by atoms with Gasteiger partial charge in [0.15, 0.2) is 5.69 Å². The van der Waals surface area contributed by atoms with E-state index in [1.165, 1.54) is 0 Å². The van der Waals surface area contributed by atoms with E-state index in [0.717, 1.165) is 11.3 Å². The van der Waals surface area contributed by atoms with E-state index in [1.807, 2.05) is 60.7 Å². The molecular weight excluding hydrogens is 380 g/mol. The first-order valence-corrected chi connectivity index (χ1v) is 9.90. The molecule has 0 atom stereocenters. The highest BCUT2D eigenvalue weighted by atomic mass is 16.3. The van der Waals surface area contributed by atoms with Crippen molar-refractivity contribution in [2.45, 2.75) is 20.4 Å². The number of carbonyl (C=O) groups excluding carboxylic acids is 2. The molecule has 0 saturated carbocycles. The number of hydrogen-bond donors (Lipinski definition) is 2. The number of benzene rings is 2. The Labute approximate surface area is 175 Å². The van der Waals surface area contributed by atoms with Gasteiger partial charge in [-0.2, -0.15) is 5.10 Å². The van der Waals surface area contributed by atoms with Crippen molar-refractivity contribution in [3.63, 3.8) is 0 Å². The molecule has 2 aromatic carbocycles. The normalized spacial score (nSPS) is 10.8. The third-order valence-electron chi connectivity index (χ3n) is 4.58. The molecule has 7 heteroatoms. The third-order valence-corrected chi connectivity index (χ3v) is 4.58. The van der Waals surface area contributed by atoms with Crippen LogP contribution < -0.4 is 5.32 Å². The number of aliphatic hydroxyl groups is 1. The van der Waals surface area contributed by atoms with E-state index in [2.05, 4.69) is 10.4 Å². The average Bonchev–Trinajstić information content (AvgIpc) is 3.18. The first-order chi connectivity index (χ1) is 14.5. The molecule has 0 fully saturated rings. The van der Waals surface area contributed by atoms with Gasteiger partial charge in [-0.3, -0.25) is 9.59 Å². The summed E-state index contributed by atoms with van der Waals surface area (Å²) in [5.41, 5.74) is 1.88. The van der Waals surface area contributed by atoms with Crippen LogP contribution in [-0.4, -0.2) is 44.8 Å². The second-order valence-electron chi connectivity index (χ2n) is 7.24. The maximum absolute atomic E-state index is 13.2. The van der Waals surface area contributed by atoms with Gasteiger partial charge in [0.2, 0.25) is 5.91 Å². The van der Waals surface area contributed by atoms with E-state index >= 15 is 0 Å². The zero-order chi connectivity index (χ0) is 21.5. The molecule has 0 aliphatic heterocycles. The van der Waals surface area contributed by atoms with Crippen molar-refractivity contribution in [2.75, 3.05) is 18.5 Å². The summed E-state index contributed by atoms with van der Waals surface area (Å²) in [5.74, 6) is -0.274. The molecule has 7 nitrogen and oxygen atoms in total. The van der Waals surface area contributed by atoms with Crippen molar-refractivity contribution >= 4 is 17.6 Å². The largest absolute Gasteiger partial charge is 0.395 e. The van der Waals surface area contributed by atoms with Crippen molar-refractivity contribution in [3.05, 3.63) is 78.0 Å². The van der Waals surface area contributed by atoms with Crippen LogP contribution in [0.25, 0.3) is 5.69 Å². The second-order valence-corrected chi connectivity index (χ2v) is 7.24. The predicted octanol–water partition coefficient (Wildman–Crippen LogP) is 3.10. The van der Waals surface area contributed by atoms with Gasteiger partial charge in [-0.15, -0.1) is 0 Å². The summed E-state index contributed by atoms with van der Waals surface area (Å²) < 4.78 is 1.55. The Kier molecular flexibility index (Phi) is 6.98. The van der Waals surface area contributed by atoms with Gasteiger partial charge in [0.05, 0.1) is 12.3 Å². The Morgan fingerprint density at radius 3 is 2.30 bits per heavy atom. The Morgan fingerprint density at radius 2 is 1.70 bits per heavy atom. The number of aliphatic hydroxyl groups excluding tert-OH is 1. The molecule has 3 rings (SSSR count). The molecule has 1 heterocycles. The quantitative estimate of drug-likeness (QED) is 0.602. The molecule has 0 bridgehead atoms. The van der Waals surface area contributed by atoms with Crippen LogP contribution in [-0.2, 0) is 11.3 Å². The summed E-state index contributed by atoms with van der Waals surface area (Å²) in [5, 5.41) is 16.8. The predicted molar refractivity (Wildman–Crippen MR) is 115 cm³/mol. The Balaban J connectivity index is 1.94. The molecule has 30 heavy (non-hydrogen) atoms. The van der Waals surface area contributed by atoms with Gasteiger partial charge in [0.25, 0.3) is 5.91 Å². The topological polar surface area (TPSA) is 87.5 Å². The highest BCUT2D eigenvalue weighted by molar-refractivity contribution is 5.96. The van der Waals surface area contributed by atoms with Crippen LogP contribution in [0, 0.1) is 5.92 Å². The highest BCUT2D eigenvalue weighted by Crippen LogP contribution is 2.20. The molecule has 1 aromatic heterocycles. The molecule has 156 valence electrons. The Morgan fingerprint density at radius 1 is 1.07 bits per heavy atom. The Bertz CT molecular complexity index is 984. The molecule has 2 amide bonds. The van der Waals surface area contributed by atoms with Crippen LogP contribution in [0.3, 0.4) is 0 Å². The lowest BCUT2D eigenvalue weighted by molar-refractivity contribution is -0.118. The molecule has 0 unspecified atom stereocenters. The standard InChI is InChI=1S/C23H26N4O3/c1-17(2)22(29)24-21-15-20(25-27(21)19-11-7-4-8-12-19)23(30)26(13-14-28)16-18-9-5-3-6-10-18/h3-12,15,17,28H,13-14,16H2,1-2H3,(H,24,29). The first-order valence-electron chi connectivity index (χ1n) is 9.90. The number of hydrogen-bond acceptors (Lipinski definition) is 4. The minimum absolute atomic E-state index is 0.158. The van der Waals surface area contributed by atoms with Crippen molar-refractivity contribution < 1.29 is 14.7 Å². The number of nitrogens with one attached hydrogen (secondary N) is 1. The number of para-hydroxylation sites is 1. The maximum Gasteiger partial charge on any atom is 0.274 e. The maximum atomic E-state index is 13.2. The van der Waals surface area contributed by atoms with E-state index in [1.54, 1.807) is 29.5 Å². The molecule has 3 aromatic rings. The van der Waals surface area contributed by atoms with Gasteiger partial charge in [-0.25, -0.2) is 4.68 Å². The summed E-state index contributed by atoms with van der Waals surface area (Å²) in [4.78, 5) is 27.0. The second kappa shape index (κ2) is 9.84. The molecule has 2 N–H and O–H groups in total. The van der Waals surface area contributed by atoms with Gasteiger partial charge in [-0.1, -0.05) is 62.4 Å². The van der Waals surface area contributed by atoms with Crippen molar-refractivity contribution in [1.29, 1.82) is 0 Å². The van der Waals surface area contributed by atoms with Crippen molar-refractivity contribution in [3.8, 4) is 5.69 Å². The number of carbonyl (C=O) groups is 2. The summed E-state index contributed by atoms with van der Waals surface area (Å²) in [6.45, 7) is 3.97. The van der Waals surface area contributed by atoms with E-state index in [4.69, 9.17) is 0 Å².